The molecule has 7 heteroatoms. The number of nitrogens with zero attached hydrogens (tertiary/aromatic N) is 1. The molecule has 0 bridgehead atoms. The Kier molecular flexibility index (Phi) is 5.28. The lowest BCUT2D eigenvalue weighted by Crippen LogP contribution is -2.17. The van der Waals surface area contributed by atoms with E-state index in [1.165, 1.54) is 0 Å². The van der Waals surface area contributed by atoms with Crippen molar-refractivity contribution in [1.82, 2.24) is 4.98 Å². The molecule has 0 atom stereocenters. The minimum absolute atomic E-state index is 0.0258. The Morgan fingerprint density at radius 1 is 1.08 bits per heavy atom. The van der Waals surface area contributed by atoms with Crippen LogP contribution in [0, 0.1) is 0 Å². The molecule has 0 saturated carbocycles. The summed E-state index contributed by atoms with van der Waals surface area (Å²) in [5.74, 6) is -0.456. The maximum absolute atomic E-state index is 12.1. The van der Waals surface area contributed by atoms with Gasteiger partial charge in [-0.05, 0) is 30.3 Å². The van der Waals surface area contributed by atoms with Crippen molar-refractivity contribution in [1.29, 1.82) is 0 Å². The quantitative estimate of drug-likeness (QED) is 0.625. The summed E-state index contributed by atoms with van der Waals surface area (Å²) in [4.78, 5) is 27.1. The second-order valence-electron chi connectivity index (χ2n) is 5.50. The van der Waals surface area contributed by atoms with Crippen molar-refractivity contribution in [3.8, 4) is 5.75 Å². The topological polar surface area (TPSA) is 101 Å². The van der Waals surface area contributed by atoms with E-state index in [0.29, 0.717) is 22.6 Å². The fourth-order valence-electron chi connectivity index (χ4n) is 2.44. The molecule has 3 N–H and O–H groups in total. The van der Waals surface area contributed by atoms with Crippen LogP contribution in [0.3, 0.4) is 0 Å². The van der Waals surface area contributed by atoms with Crippen LogP contribution in [0.1, 0.15) is 6.42 Å². The van der Waals surface area contributed by atoms with Crippen molar-refractivity contribution in [3.05, 3.63) is 60.8 Å². The summed E-state index contributed by atoms with van der Waals surface area (Å²) in [5.41, 5.74) is 1.85. The van der Waals surface area contributed by atoms with E-state index in [4.69, 9.17) is 9.84 Å². The Bertz CT molecular complexity index is 928. The molecule has 0 radical (unpaired) electrons. The molecule has 3 aromatic rings. The fraction of sp³-hybridized carbons (Fsp3) is 0.105. The van der Waals surface area contributed by atoms with Gasteiger partial charge in [0.2, 0.25) is 0 Å². The van der Waals surface area contributed by atoms with Gasteiger partial charge < -0.3 is 15.2 Å². The van der Waals surface area contributed by atoms with Crippen LogP contribution in [0.5, 0.6) is 5.75 Å². The normalized spacial score (nSPS) is 10.3. The molecule has 1 heterocycles. The Morgan fingerprint density at radius 3 is 2.65 bits per heavy atom. The van der Waals surface area contributed by atoms with Gasteiger partial charge in [-0.15, -0.1) is 0 Å². The van der Waals surface area contributed by atoms with Crippen LogP contribution in [0.4, 0.5) is 16.2 Å². The molecule has 7 nitrogen and oxygen atoms in total. The van der Waals surface area contributed by atoms with Crippen LogP contribution in [0.2, 0.25) is 0 Å². The Morgan fingerprint density at radius 2 is 1.88 bits per heavy atom. The molecule has 26 heavy (non-hydrogen) atoms. The number of carbonyl (C=O) groups is 2. The summed E-state index contributed by atoms with van der Waals surface area (Å²) in [6.07, 6.45) is 1.01. The van der Waals surface area contributed by atoms with Gasteiger partial charge in [-0.1, -0.05) is 24.3 Å². The van der Waals surface area contributed by atoms with Crippen molar-refractivity contribution in [3.63, 3.8) is 0 Å². The summed E-state index contributed by atoms with van der Waals surface area (Å²) < 4.78 is 5.22. The van der Waals surface area contributed by atoms with E-state index in [0.717, 1.165) is 5.39 Å². The third kappa shape index (κ3) is 4.47. The van der Waals surface area contributed by atoms with E-state index in [9.17, 15) is 9.59 Å². The maximum Gasteiger partial charge on any atom is 0.417 e. The summed E-state index contributed by atoms with van der Waals surface area (Å²) >= 11 is 0. The molecule has 0 spiro atoms. The number of nitrogens with one attached hydrogen (secondary N) is 2. The average molecular weight is 351 g/mol. The molecule has 1 amide bonds. The first-order valence-electron chi connectivity index (χ1n) is 8.00. The minimum Gasteiger partial charge on any atom is -0.481 e. The van der Waals surface area contributed by atoms with Crippen LogP contribution in [0.15, 0.2) is 60.8 Å². The number of aromatic nitrogens is 1. The van der Waals surface area contributed by atoms with Crippen LogP contribution in [0.25, 0.3) is 10.9 Å². The third-order valence-electron chi connectivity index (χ3n) is 3.56. The minimum atomic E-state index is -0.893. The molecule has 132 valence electrons. The van der Waals surface area contributed by atoms with Gasteiger partial charge in [0.15, 0.2) is 0 Å². The van der Waals surface area contributed by atoms with E-state index >= 15 is 0 Å². The molecular weight excluding hydrogens is 334 g/mol. The number of carboxylic acid groups (broad SMARTS) is 1. The number of anilines is 2. The van der Waals surface area contributed by atoms with Crippen molar-refractivity contribution in [2.24, 2.45) is 0 Å². The van der Waals surface area contributed by atoms with E-state index in [-0.39, 0.29) is 13.0 Å². The number of rotatable bonds is 6. The number of aliphatic carboxylic acids is 1. The maximum atomic E-state index is 12.1. The van der Waals surface area contributed by atoms with E-state index in [1.807, 2.05) is 12.1 Å². The first kappa shape index (κ1) is 17.2. The number of carbonyl (C=O) groups excluding carboxylic acids is 1. The van der Waals surface area contributed by atoms with Gasteiger partial charge in [0.1, 0.15) is 5.75 Å². The molecule has 3 rings (SSSR count). The standard InChI is InChI=1S/C19H17N3O4/c23-17(24)8-10-20-16-12-14(11-13-5-4-9-21-18(13)16)22-19(25)26-15-6-2-1-3-7-15/h1-7,9,11-12,20H,8,10H2,(H,22,25)(H,23,24). The summed E-state index contributed by atoms with van der Waals surface area (Å²) in [7, 11) is 0. The molecule has 2 aromatic carbocycles. The monoisotopic (exact) mass is 351 g/mol. The van der Waals surface area contributed by atoms with E-state index < -0.39 is 12.1 Å². The highest BCUT2D eigenvalue weighted by Crippen LogP contribution is 2.26. The zero-order valence-corrected chi connectivity index (χ0v) is 13.8. The molecule has 0 unspecified atom stereocenters. The van der Waals surface area contributed by atoms with Gasteiger partial charge in [0.25, 0.3) is 0 Å². The first-order chi connectivity index (χ1) is 12.6. The van der Waals surface area contributed by atoms with Crippen LogP contribution < -0.4 is 15.4 Å². The van der Waals surface area contributed by atoms with E-state index in [2.05, 4.69) is 15.6 Å². The second kappa shape index (κ2) is 7.98. The SMILES string of the molecule is O=C(O)CCNc1cc(NC(=O)Oc2ccccc2)cc2cccnc12. The molecule has 0 aliphatic heterocycles. The number of hydrogen-bond donors (Lipinski definition) is 3. The highest BCUT2D eigenvalue weighted by Gasteiger charge is 2.10. The van der Waals surface area contributed by atoms with Crippen molar-refractivity contribution in [2.75, 3.05) is 17.2 Å². The molecule has 1 aromatic heterocycles. The lowest BCUT2D eigenvalue weighted by molar-refractivity contribution is -0.136. The Balaban J connectivity index is 1.79. The highest BCUT2D eigenvalue weighted by molar-refractivity contribution is 5.97. The Hall–Kier alpha value is -3.61. The lowest BCUT2D eigenvalue weighted by Gasteiger charge is -2.12. The van der Waals surface area contributed by atoms with Crippen LogP contribution in [-0.2, 0) is 4.79 Å². The van der Waals surface area contributed by atoms with Crippen LogP contribution in [-0.4, -0.2) is 28.7 Å². The number of pyridine rings is 1. The molecule has 0 aliphatic rings. The summed E-state index contributed by atoms with van der Waals surface area (Å²) in [5, 5.41) is 15.3. The number of fused-ring (bicyclic) bond motifs is 1. The van der Waals surface area contributed by atoms with Gasteiger partial charge in [0, 0.05) is 23.8 Å². The van der Waals surface area contributed by atoms with Crippen molar-refractivity contribution < 1.29 is 19.4 Å². The first-order valence-corrected chi connectivity index (χ1v) is 8.00. The third-order valence-corrected chi connectivity index (χ3v) is 3.56. The number of benzene rings is 2. The van der Waals surface area contributed by atoms with Crippen molar-refractivity contribution >= 4 is 34.3 Å². The predicted molar refractivity (Wildman–Crippen MR) is 98.6 cm³/mol. The Labute approximate surface area is 149 Å². The van der Waals surface area contributed by atoms with Gasteiger partial charge in [-0.3, -0.25) is 15.1 Å². The van der Waals surface area contributed by atoms with Gasteiger partial charge >= 0.3 is 12.1 Å². The van der Waals surface area contributed by atoms with Gasteiger partial charge in [0.05, 0.1) is 17.6 Å². The highest BCUT2D eigenvalue weighted by atomic mass is 16.6. The molecule has 0 fully saturated rings. The summed E-state index contributed by atoms with van der Waals surface area (Å²) in [6.45, 7) is 0.249. The average Bonchev–Trinajstić information content (AvgIpc) is 2.62. The fourth-order valence-corrected chi connectivity index (χ4v) is 2.44. The second-order valence-corrected chi connectivity index (χ2v) is 5.50. The zero-order valence-electron chi connectivity index (χ0n) is 13.8. The number of carboxylic acids is 1. The number of para-hydroxylation sites is 1. The number of hydrogen-bond acceptors (Lipinski definition) is 5. The van der Waals surface area contributed by atoms with Gasteiger partial charge in [-0.25, -0.2) is 4.79 Å². The summed E-state index contributed by atoms with van der Waals surface area (Å²) in [6, 6.07) is 15.9. The largest absolute Gasteiger partial charge is 0.481 e. The zero-order chi connectivity index (χ0) is 18.4. The molecule has 0 aliphatic carbocycles. The van der Waals surface area contributed by atoms with E-state index in [1.54, 1.807) is 48.7 Å². The number of ether oxygens (including phenoxy) is 1. The smallest absolute Gasteiger partial charge is 0.417 e. The predicted octanol–water partition coefficient (Wildman–Crippen LogP) is 3.73. The lowest BCUT2D eigenvalue weighted by atomic mass is 10.1. The molecular formula is C19H17N3O4. The van der Waals surface area contributed by atoms with Crippen LogP contribution >= 0.6 is 0 Å². The van der Waals surface area contributed by atoms with Crippen molar-refractivity contribution in [2.45, 2.75) is 6.42 Å². The van der Waals surface area contributed by atoms with Gasteiger partial charge in [-0.2, -0.15) is 0 Å². The molecule has 0 saturated heterocycles. The number of amides is 1.